The molecular weight excluding hydrogens is 440 g/mol. The number of carbonyl (C=O) groups is 2. The summed E-state index contributed by atoms with van der Waals surface area (Å²) in [5.41, 5.74) is 3.00. The van der Waals surface area contributed by atoms with E-state index < -0.39 is 5.97 Å². The maximum absolute atomic E-state index is 13.3. The lowest BCUT2D eigenvalue weighted by Gasteiger charge is -2.57. The summed E-state index contributed by atoms with van der Waals surface area (Å²) < 4.78 is 0. The van der Waals surface area contributed by atoms with Crippen molar-refractivity contribution in [3.8, 4) is 11.4 Å². The minimum absolute atomic E-state index is 0.128. The summed E-state index contributed by atoms with van der Waals surface area (Å²) in [6.45, 7) is 0. The number of aryl methyl sites for hydroxylation is 1. The largest absolute Gasteiger partial charge is 0.478 e. The number of pyridine rings is 1. The second kappa shape index (κ2) is 8.63. The quantitative estimate of drug-likeness (QED) is 0.418. The standard InChI is InChI=1S/C28H30N4O3/c33-26(30-22-5-1-3-20(12-22)27(34)35)24-23(31-25(32-24)21-4-2-8-29-16-21)6-7-28-13-17-9-18(14-28)11-19(10-17)15-28/h1-5,8,12,16-19H,6-7,9-11,13-15H2,(H,30,33)(H,31,32)(H,34,35). The Morgan fingerprint density at radius 2 is 1.80 bits per heavy atom. The van der Waals surface area contributed by atoms with Gasteiger partial charge in [0.05, 0.1) is 5.56 Å². The summed E-state index contributed by atoms with van der Waals surface area (Å²) in [7, 11) is 0. The van der Waals surface area contributed by atoms with Gasteiger partial charge in [-0.15, -0.1) is 0 Å². The number of amides is 1. The number of anilines is 1. The maximum Gasteiger partial charge on any atom is 0.335 e. The highest BCUT2D eigenvalue weighted by Crippen LogP contribution is 2.61. The van der Waals surface area contributed by atoms with Crippen LogP contribution in [0, 0.1) is 23.2 Å². The van der Waals surface area contributed by atoms with Crippen molar-refractivity contribution in [1.29, 1.82) is 0 Å². The van der Waals surface area contributed by atoms with Crippen LogP contribution in [0.1, 0.15) is 71.5 Å². The van der Waals surface area contributed by atoms with Crippen molar-refractivity contribution in [1.82, 2.24) is 15.0 Å². The fraction of sp³-hybridized carbons (Fsp3) is 0.429. The van der Waals surface area contributed by atoms with Crippen LogP contribution in [0.2, 0.25) is 0 Å². The van der Waals surface area contributed by atoms with Gasteiger partial charge in [-0.25, -0.2) is 9.78 Å². The molecule has 4 bridgehead atoms. The fourth-order valence-corrected chi connectivity index (χ4v) is 7.32. The molecule has 0 saturated heterocycles. The summed E-state index contributed by atoms with van der Waals surface area (Å²) in [6.07, 6.45) is 13.5. The van der Waals surface area contributed by atoms with Gasteiger partial charge in [0.15, 0.2) is 0 Å². The average molecular weight is 471 g/mol. The molecule has 0 atom stereocenters. The Morgan fingerprint density at radius 3 is 2.46 bits per heavy atom. The summed E-state index contributed by atoms with van der Waals surface area (Å²) in [5.74, 6) is 1.92. The highest BCUT2D eigenvalue weighted by Gasteiger charge is 2.50. The van der Waals surface area contributed by atoms with Crippen LogP contribution in [-0.2, 0) is 6.42 Å². The van der Waals surface area contributed by atoms with Gasteiger partial charge < -0.3 is 15.4 Å². The van der Waals surface area contributed by atoms with Gasteiger partial charge in [-0.2, -0.15) is 0 Å². The molecule has 7 heteroatoms. The van der Waals surface area contributed by atoms with E-state index in [2.05, 4.69) is 20.3 Å². The summed E-state index contributed by atoms with van der Waals surface area (Å²) in [6, 6.07) is 10.1. The number of carbonyl (C=O) groups excluding carboxylic acids is 1. The second-order valence-corrected chi connectivity index (χ2v) is 10.9. The molecule has 0 unspecified atom stereocenters. The Labute approximate surface area is 204 Å². The van der Waals surface area contributed by atoms with Crippen LogP contribution >= 0.6 is 0 Å². The summed E-state index contributed by atoms with van der Waals surface area (Å²) in [5, 5.41) is 12.1. The Kier molecular flexibility index (Phi) is 5.43. The molecule has 4 aliphatic carbocycles. The minimum atomic E-state index is -1.03. The molecule has 0 aliphatic heterocycles. The van der Waals surface area contributed by atoms with Crippen LogP contribution in [-0.4, -0.2) is 31.9 Å². The van der Waals surface area contributed by atoms with Crippen LogP contribution in [0.3, 0.4) is 0 Å². The van der Waals surface area contributed by atoms with Crippen molar-refractivity contribution >= 4 is 17.6 Å². The monoisotopic (exact) mass is 470 g/mol. The molecule has 7 rings (SSSR count). The number of carboxylic acid groups (broad SMARTS) is 1. The Balaban J connectivity index is 1.27. The van der Waals surface area contributed by atoms with Crippen LogP contribution in [0.4, 0.5) is 5.69 Å². The zero-order valence-corrected chi connectivity index (χ0v) is 19.7. The van der Waals surface area contributed by atoms with Gasteiger partial charge in [-0.3, -0.25) is 9.78 Å². The van der Waals surface area contributed by atoms with E-state index in [1.54, 1.807) is 24.5 Å². The van der Waals surface area contributed by atoms with Gasteiger partial charge in [0, 0.05) is 29.3 Å². The highest BCUT2D eigenvalue weighted by atomic mass is 16.4. The van der Waals surface area contributed by atoms with Crippen molar-refractivity contribution in [2.75, 3.05) is 5.32 Å². The molecule has 4 aliphatic rings. The van der Waals surface area contributed by atoms with E-state index in [0.717, 1.165) is 41.9 Å². The topological polar surface area (TPSA) is 108 Å². The molecule has 3 aromatic rings. The number of benzene rings is 1. The fourth-order valence-electron chi connectivity index (χ4n) is 7.32. The van der Waals surface area contributed by atoms with Gasteiger partial charge in [0.1, 0.15) is 11.5 Å². The van der Waals surface area contributed by atoms with Gasteiger partial charge in [-0.1, -0.05) is 6.07 Å². The van der Waals surface area contributed by atoms with Gasteiger partial charge in [0.25, 0.3) is 5.91 Å². The maximum atomic E-state index is 13.3. The molecule has 4 fully saturated rings. The van der Waals surface area contributed by atoms with Crippen LogP contribution in [0.15, 0.2) is 48.8 Å². The Bertz CT molecular complexity index is 1230. The lowest BCUT2D eigenvalue weighted by molar-refractivity contribution is -0.0570. The molecule has 0 radical (unpaired) electrons. The summed E-state index contributed by atoms with van der Waals surface area (Å²) in [4.78, 5) is 37.0. The molecule has 180 valence electrons. The Hall–Kier alpha value is -3.48. The van der Waals surface area contributed by atoms with Gasteiger partial charge in [-0.05, 0) is 105 Å². The number of hydrogen-bond acceptors (Lipinski definition) is 4. The van der Waals surface area contributed by atoms with E-state index in [1.807, 2.05) is 12.1 Å². The van der Waals surface area contributed by atoms with Crippen LogP contribution in [0.25, 0.3) is 11.4 Å². The van der Waals surface area contributed by atoms with Crippen LogP contribution < -0.4 is 5.32 Å². The SMILES string of the molecule is O=C(O)c1cccc(NC(=O)c2nc(-c3cccnc3)[nH]c2CCC23CC4CC(CC(C4)C2)C3)c1. The normalized spacial score (nSPS) is 26.6. The third-order valence-corrected chi connectivity index (χ3v) is 8.37. The second-order valence-electron chi connectivity index (χ2n) is 10.9. The van der Waals surface area contributed by atoms with Crippen molar-refractivity contribution < 1.29 is 14.7 Å². The zero-order valence-electron chi connectivity index (χ0n) is 19.7. The number of imidazole rings is 1. The van der Waals surface area contributed by atoms with Gasteiger partial charge in [0.2, 0.25) is 0 Å². The molecule has 0 spiro atoms. The van der Waals surface area contributed by atoms with E-state index in [0.29, 0.717) is 22.6 Å². The number of carboxylic acids is 1. The summed E-state index contributed by atoms with van der Waals surface area (Å²) >= 11 is 0. The smallest absolute Gasteiger partial charge is 0.335 e. The third kappa shape index (κ3) is 4.35. The molecule has 1 aromatic carbocycles. The van der Waals surface area contributed by atoms with E-state index in [4.69, 9.17) is 0 Å². The third-order valence-electron chi connectivity index (χ3n) is 8.37. The molecule has 7 nitrogen and oxygen atoms in total. The predicted octanol–water partition coefficient (Wildman–Crippen LogP) is 5.57. The van der Waals surface area contributed by atoms with E-state index in [9.17, 15) is 14.7 Å². The number of nitrogens with one attached hydrogen (secondary N) is 2. The van der Waals surface area contributed by atoms with Crippen molar-refractivity contribution in [3.63, 3.8) is 0 Å². The molecule has 35 heavy (non-hydrogen) atoms. The number of aromatic nitrogens is 3. The zero-order chi connectivity index (χ0) is 24.0. The number of hydrogen-bond donors (Lipinski definition) is 3. The number of H-pyrrole nitrogens is 1. The minimum Gasteiger partial charge on any atom is -0.478 e. The predicted molar refractivity (Wildman–Crippen MR) is 132 cm³/mol. The molecule has 2 heterocycles. The Morgan fingerprint density at radius 1 is 1.06 bits per heavy atom. The molecule has 1 amide bonds. The van der Waals surface area contributed by atoms with Crippen molar-refractivity contribution in [2.45, 2.75) is 51.4 Å². The van der Waals surface area contributed by atoms with Gasteiger partial charge >= 0.3 is 5.97 Å². The lowest BCUT2D eigenvalue weighted by Crippen LogP contribution is -2.46. The number of aromatic carboxylic acids is 1. The van der Waals surface area contributed by atoms with E-state index in [-0.39, 0.29) is 11.5 Å². The lowest BCUT2D eigenvalue weighted by atomic mass is 9.48. The van der Waals surface area contributed by atoms with E-state index >= 15 is 0 Å². The van der Waals surface area contributed by atoms with Crippen LogP contribution in [0.5, 0.6) is 0 Å². The van der Waals surface area contributed by atoms with Crippen molar-refractivity contribution in [2.24, 2.45) is 23.2 Å². The molecule has 2 aromatic heterocycles. The van der Waals surface area contributed by atoms with Crippen molar-refractivity contribution in [3.05, 3.63) is 65.7 Å². The average Bonchev–Trinajstić information content (AvgIpc) is 3.27. The molecular formula is C28H30N4O3. The van der Waals surface area contributed by atoms with E-state index in [1.165, 1.54) is 50.7 Å². The molecule has 3 N–H and O–H groups in total. The first-order valence-corrected chi connectivity index (χ1v) is 12.6. The highest BCUT2D eigenvalue weighted by molar-refractivity contribution is 6.04. The first kappa shape index (κ1) is 22.0. The first-order valence-electron chi connectivity index (χ1n) is 12.6. The number of rotatable bonds is 7. The molecule has 4 saturated carbocycles. The number of nitrogens with zero attached hydrogens (tertiary/aromatic N) is 2. The number of aromatic amines is 1. The first-order chi connectivity index (χ1) is 17.0.